The van der Waals surface area contributed by atoms with Crippen LogP contribution in [-0.2, 0) is 18.4 Å². The van der Waals surface area contributed by atoms with Crippen molar-refractivity contribution in [1.82, 2.24) is 5.32 Å². The summed E-state index contributed by atoms with van der Waals surface area (Å²) in [6.07, 6.45) is 93.8. The number of hydrogen-bond acceptors (Lipinski definition) is 6. The van der Waals surface area contributed by atoms with Gasteiger partial charge in [0.05, 0.1) is 39.9 Å². The summed E-state index contributed by atoms with van der Waals surface area (Å²) in [5.74, 6) is -0.160. The van der Waals surface area contributed by atoms with Crippen molar-refractivity contribution in [2.24, 2.45) is 0 Å². The maximum absolute atomic E-state index is 13.1. The highest BCUT2D eigenvalue weighted by Gasteiger charge is 2.24. The van der Waals surface area contributed by atoms with E-state index in [1.165, 1.54) is 231 Å². The largest absolute Gasteiger partial charge is 0.756 e. The van der Waals surface area contributed by atoms with Crippen molar-refractivity contribution in [2.75, 3.05) is 40.9 Å². The number of hydrogen-bond donors (Lipinski definition) is 2. The lowest BCUT2D eigenvalue weighted by atomic mass is 10.0. The first kappa shape index (κ1) is 82.7. The van der Waals surface area contributed by atoms with Crippen molar-refractivity contribution in [1.29, 1.82) is 0 Å². The Labute approximate surface area is 528 Å². The molecule has 0 fully saturated rings. The molecule has 0 aromatic carbocycles. The summed E-state index contributed by atoms with van der Waals surface area (Å²) in [6.45, 7) is 4.65. The molecule has 85 heavy (non-hydrogen) atoms. The number of rotatable bonds is 67. The Morgan fingerprint density at radius 1 is 0.424 bits per heavy atom. The number of phosphoric ester groups is 1. The van der Waals surface area contributed by atoms with Gasteiger partial charge >= 0.3 is 0 Å². The molecular weight excluding hydrogens is 1070 g/mol. The van der Waals surface area contributed by atoms with Gasteiger partial charge in [-0.05, 0) is 70.6 Å². The van der Waals surface area contributed by atoms with Crippen molar-refractivity contribution in [3.8, 4) is 0 Å². The van der Waals surface area contributed by atoms with E-state index >= 15 is 0 Å². The zero-order valence-electron chi connectivity index (χ0n) is 56.8. The van der Waals surface area contributed by atoms with Crippen molar-refractivity contribution >= 4 is 13.7 Å². The zero-order valence-corrected chi connectivity index (χ0v) is 57.7. The molecule has 0 heterocycles. The SMILES string of the molecule is CC/C=C\C/C=C\C/C=C\C/C=C\C/C=C\C/C=C\C/C=C\CCCCCCCCCCCCCCCCCCCCCC(=O)NC(COP(=O)([O-])OCC[N+](C)(C)C)C(O)CCCCCCCCCCCCCCCCCCCCCCCC. The first-order valence-corrected chi connectivity index (χ1v) is 37.9. The Morgan fingerprint density at radius 3 is 1.05 bits per heavy atom. The zero-order chi connectivity index (χ0) is 61.9. The number of nitrogens with one attached hydrogen (secondary N) is 1. The average molecular weight is 1210 g/mol. The number of likely N-dealkylation sites (N-methyl/N-ethyl adjacent to an activating group) is 1. The van der Waals surface area contributed by atoms with Crippen LogP contribution in [0.3, 0.4) is 0 Å². The highest BCUT2D eigenvalue weighted by atomic mass is 31.2. The second kappa shape index (κ2) is 66.1. The Hall–Kier alpha value is -2.32. The monoisotopic (exact) mass is 1210 g/mol. The first-order chi connectivity index (χ1) is 41.5. The van der Waals surface area contributed by atoms with Crippen LogP contribution in [0, 0.1) is 0 Å². The minimum Gasteiger partial charge on any atom is -0.756 e. The van der Waals surface area contributed by atoms with Gasteiger partial charge in [-0.3, -0.25) is 9.36 Å². The number of nitrogens with zero attached hydrogens (tertiary/aromatic N) is 1. The lowest BCUT2D eigenvalue weighted by Gasteiger charge is -2.30. The number of aliphatic hydroxyl groups is 1. The highest BCUT2D eigenvalue weighted by molar-refractivity contribution is 7.45. The number of quaternary nitrogens is 1. The third-order valence-electron chi connectivity index (χ3n) is 16.4. The predicted octanol–water partition coefficient (Wildman–Crippen LogP) is 22.9. The van der Waals surface area contributed by atoms with Crippen LogP contribution in [0.1, 0.15) is 341 Å². The summed E-state index contributed by atoms with van der Waals surface area (Å²) in [5, 5.41) is 14.1. The molecule has 0 bridgehead atoms. The van der Waals surface area contributed by atoms with Crippen LogP contribution < -0.4 is 10.2 Å². The van der Waals surface area contributed by atoms with E-state index in [2.05, 4.69) is 104 Å². The first-order valence-electron chi connectivity index (χ1n) is 36.4. The van der Waals surface area contributed by atoms with Crippen molar-refractivity contribution in [3.63, 3.8) is 0 Å². The van der Waals surface area contributed by atoms with Gasteiger partial charge < -0.3 is 28.8 Å². The molecule has 3 atom stereocenters. The Balaban J connectivity index is 3.95. The summed E-state index contributed by atoms with van der Waals surface area (Å²) < 4.78 is 23.5. The molecule has 0 aromatic heterocycles. The fourth-order valence-electron chi connectivity index (χ4n) is 10.8. The van der Waals surface area contributed by atoms with Gasteiger partial charge in [-0.2, -0.15) is 0 Å². The van der Waals surface area contributed by atoms with E-state index < -0.39 is 20.0 Å². The van der Waals surface area contributed by atoms with Gasteiger partial charge in [0.25, 0.3) is 7.82 Å². The Kier molecular flexibility index (Phi) is 64.3. The normalized spacial score (nSPS) is 14.1. The second-order valence-corrected chi connectivity index (χ2v) is 27.3. The Morgan fingerprint density at radius 2 is 0.718 bits per heavy atom. The molecule has 0 saturated carbocycles. The molecule has 0 aliphatic carbocycles. The molecule has 0 rings (SSSR count). The van der Waals surface area contributed by atoms with Crippen molar-refractivity contribution < 1.29 is 32.9 Å². The van der Waals surface area contributed by atoms with Crippen LogP contribution in [0.5, 0.6) is 0 Å². The molecule has 0 saturated heterocycles. The molecule has 8 nitrogen and oxygen atoms in total. The molecule has 3 unspecified atom stereocenters. The molecule has 0 aliphatic rings. The summed E-state index contributed by atoms with van der Waals surface area (Å²) in [5.41, 5.74) is 0. The topological polar surface area (TPSA) is 108 Å². The number of carbonyl (C=O) groups is 1. The molecule has 1 amide bonds. The fraction of sp³-hybridized carbons (Fsp3) is 0.803. The lowest BCUT2D eigenvalue weighted by Crippen LogP contribution is -2.46. The summed E-state index contributed by atoms with van der Waals surface area (Å²) in [4.78, 5) is 25.7. The summed E-state index contributed by atoms with van der Waals surface area (Å²) in [6, 6.07) is -0.804. The van der Waals surface area contributed by atoms with E-state index in [1.807, 2.05) is 21.1 Å². The molecule has 2 N–H and O–H groups in total. The molecule has 0 radical (unpaired) electrons. The van der Waals surface area contributed by atoms with E-state index in [0.29, 0.717) is 23.9 Å². The molecule has 496 valence electrons. The van der Waals surface area contributed by atoms with E-state index in [1.54, 1.807) is 0 Å². The molecule has 0 spiro atoms. The van der Waals surface area contributed by atoms with Gasteiger partial charge in [0.15, 0.2) is 0 Å². The summed E-state index contributed by atoms with van der Waals surface area (Å²) in [7, 11) is 1.32. The lowest BCUT2D eigenvalue weighted by molar-refractivity contribution is -0.870. The number of phosphoric acid groups is 1. The molecule has 0 aliphatic heterocycles. The molecule has 9 heteroatoms. The van der Waals surface area contributed by atoms with E-state index in [9.17, 15) is 19.4 Å². The number of allylic oxidation sites excluding steroid dienone is 14. The van der Waals surface area contributed by atoms with Gasteiger partial charge in [-0.15, -0.1) is 0 Å². The van der Waals surface area contributed by atoms with Gasteiger partial charge in [-0.1, -0.05) is 349 Å². The van der Waals surface area contributed by atoms with Gasteiger partial charge in [0, 0.05) is 6.42 Å². The minimum atomic E-state index is -4.58. The number of carbonyl (C=O) groups excluding carboxylic acids is 1. The van der Waals surface area contributed by atoms with Crippen LogP contribution in [-0.4, -0.2) is 68.5 Å². The average Bonchev–Trinajstić information content (AvgIpc) is 3.48. The molecular formula is C76H141N2O6P. The van der Waals surface area contributed by atoms with E-state index in [-0.39, 0.29) is 19.1 Å². The van der Waals surface area contributed by atoms with Crippen LogP contribution in [0.2, 0.25) is 0 Å². The third kappa shape index (κ3) is 69.0. The number of unbranched alkanes of at least 4 members (excludes halogenated alkanes) is 40. The number of amides is 1. The second-order valence-electron chi connectivity index (χ2n) is 25.9. The van der Waals surface area contributed by atoms with Crippen molar-refractivity contribution in [2.45, 2.75) is 353 Å². The van der Waals surface area contributed by atoms with Crippen LogP contribution >= 0.6 is 7.82 Å². The standard InChI is InChI=1S/C76H141N2O6P/c1-6-8-10-12-14-16-18-20-22-24-26-28-30-31-32-33-34-35-36-37-38-39-40-41-42-43-44-45-46-47-48-50-52-54-56-58-60-62-64-66-68-70-76(80)77-74(73-84-85(81,82)83-72-71-78(3,4)5)75(79)69-67-65-63-61-59-57-55-53-51-49-29-27-25-23-21-19-17-15-13-11-9-7-2/h8,10,14,16,20,22,26,28,31-32,34-35,37-38,74-75,79H,6-7,9,11-13,15,17-19,21,23-25,27,29-30,33,36,39-73H2,1-5H3,(H-,77,80,81,82)/b10-8-,16-14-,22-20-,28-26-,32-31-,35-34-,38-37-. The third-order valence-corrected chi connectivity index (χ3v) is 17.4. The van der Waals surface area contributed by atoms with Crippen LogP contribution in [0.15, 0.2) is 85.1 Å². The number of aliphatic hydroxyl groups excluding tert-OH is 1. The van der Waals surface area contributed by atoms with Gasteiger partial charge in [-0.25, -0.2) is 0 Å². The van der Waals surface area contributed by atoms with Crippen LogP contribution in [0.25, 0.3) is 0 Å². The minimum absolute atomic E-state index is 0.0122. The van der Waals surface area contributed by atoms with Crippen LogP contribution in [0.4, 0.5) is 0 Å². The maximum atomic E-state index is 13.1. The highest BCUT2D eigenvalue weighted by Crippen LogP contribution is 2.38. The fourth-order valence-corrected chi connectivity index (χ4v) is 11.5. The Bertz CT molecular complexity index is 1660. The molecule has 0 aromatic rings. The van der Waals surface area contributed by atoms with Gasteiger partial charge in [0.2, 0.25) is 5.91 Å². The van der Waals surface area contributed by atoms with E-state index in [4.69, 9.17) is 9.05 Å². The quantitative estimate of drug-likeness (QED) is 0.0272. The van der Waals surface area contributed by atoms with Gasteiger partial charge in [0.1, 0.15) is 13.2 Å². The maximum Gasteiger partial charge on any atom is 0.268 e. The van der Waals surface area contributed by atoms with E-state index in [0.717, 1.165) is 83.5 Å². The van der Waals surface area contributed by atoms with Crippen molar-refractivity contribution in [3.05, 3.63) is 85.1 Å². The predicted molar refractivity (Wildman–Crippen MR) is 371 cm³/mol. The summed E-state index contributed by atoms with van der Waals surface area (Å²) >= 11 is 0. The smallest absolute Gasteiger partial charge is 0.268 e.